The number of ether oxygens (including phenoxy) is 2. The van der Waals surface area contributed by atoms with E-state index in [0.29, 0.717) is 22.5 Å². The van der Waals surface area contributed by atoms with Gasteiger partial charge in [-0.25, -0.2) is 9.59 Å². The highest BCUT2D eigenvalue weighted by Crippen LogP contribution is 2.53. The summed E-state index contributed by atoms with van der Waals surface area (Å²) in [6.45, 7) is 0. The van der Waals surface area contributed by atoms with Crippen LogP contribution >= 0.6 is 0 Å². The van der Waals surface area contributed by atoms with Crippen molar-refractivity contribution in [3.05, 3.63) is 77.4 Å². The Bertz CT molecular complexity index is 1360. The molecule has 0 aliphatic carbocycles. The van der Waals surface area contributed by atoms with Crippen molar-refractivity contribution in [2.45, 2.75) is 5.54 Å². The zero-order chi connectivity index (χ0) is 22.6. The molecule has 160 valence electrons. The molecule has 3 aromatic rings. The third kappa shape index (κ3) is 2.39. The van der Waals surface area contributed by atoms with Crippen LogP contribution in [0.2, 0.25) is 0 Å². The lowest BCUT2D eigenvalue weighted by Crippen LogP contribution is -2.51. The smallest absolute Gasteiger partial charge is 0.339 e. The van der Waals surface area contributed by atoms with Crippen LogP contribution in [0.15, 0.2) is 66.2 Å². The zero-order valence-electron chi connectivity index (χ0n) is 17.8. The molecule has 1 N–H and O–H groups in total. The average Bonchev–Trinajstić information content (AvgIpc) is 3.04. The number of hydrogen-bond acceptors (Lipinski definition) is 6. The maximum absolute atomic E-state index is 13.8. The summed E-state index contributed by atoms with van der Waals surface area (Å²) in [6, 6.07) is 18.4. The number of likely N-dealkylation sites (N-methyl/N-ethyl adjacent to an activating group) is 1. The molecule has 0 saturated carbocycles. The van der Waals surface area contributed by atoms with Crippen LogP contribution in [0.3, 0.4) is 0 Å². The fourth-order valence-electron chi connectivity index (χ4n) is 4.81. The molecule has 1 spiro atoms. The largest absolute Gasteiger partial charge is 0.466 e. The highest BCUT2D eigenvalue weighted by Gasteiger charge is 2.59. The van der Waals surface area contributed by atoms with Crippen LogP contribution < -0.4 is 10.2 Å². The minimum atomic E-state index is -1.63. The van der Waals surface area contributed by atoms with Crippen molar-refractivity contribution in [1.29, 1.82) is 0 Å². The van der Waals surface area contributed by atoms with Gasteiger partial charge in [0.15, 0.2) is 5.54 Å². The van der Waals surface area contributed by atoms with Crippen molar-refractivity contribution in [2.75, 3.05) is 31.5 Å². The van der Waals surface area contributed by atoms with Gasteiger partial charge < -0.3 is 19.7 Å². The lowest BCUT2D eigenvalue weighted by molar-refractivity contribution is -0.139. The van der Waals surface area contributed by atoms with E-state index in [9.17, 15) is 14.4 Å². The van der Waals surface area contributed by atoms with E-state index in [2.05, 4.69) is 5.32 Å². The third-order valence-corrected chi connectivity index (χ3v) is 6.20. The predicted octanol–water partition coefficient (Wildman–Crippen LogP) is 3.24. The minimum Gasteiger partial charge on any atom is -0.466 e. The molecule has 2 aliphatic rings. The molecule has 0 radical (unpaired) electrons. The third-order valence-electron chi connectivity index (χ3n) is 6.20. The van der Waals surface area contributed by atoms with Gasteiger partial charge in [-0.3, -0.25) is 4.79 Å². The van der Waals surface area contributed by atoms with Gasteiger partial charge in [0, 0.05) is 29.5 Å². The number of nitrogens with one attached hydrogen (secondary N) is 1. The first-order valence-corrected chi connectivity index (χ1v) is 10.0. The van der Waals surface area contributed by atoms with Crippen molar-refractivity contribution >= 4 is 45.6 Å². The molecule has 1 unspecified atom stereocenters. The molecule has 32 heavy (non-hydrogen) atoms. The Labute approximate surface area is 184 Å². The molecule has 1 amide bonds. The summed E-state index contributed by atoms with van der Waals surface area (Å²) in [5.74, 6) is -1.89. The van der Waals surface area contributed by atoms with Gasteiger partial charge in [-0.15, -0.1) is 0 Å². The minimum absolute atomic E-state index is 0.0170. The zero-order valence-corrected chi connectivity index (χ0v) is 17.8. The fourth-order valence-corrected chi connectivity index (χ4v) is 4.81. The molecule has 7 nitrogen and oxygen atoms in total. The normalized spacial score (nSPS) is 19.0. The molecule has 0 aromatic heterocycles. The topological polar surface area (TPSA) is 84.9 Å². The van der Waals surface area contributed by atoms with Gasteiger partial charge in [-0.2, -0.15) is 0 Å². The maximum atomic E-state index is 13.8. The van der Waals surface area contributed by atoms with E-state index in [4.69, 9.17) is 9.47 Å². The summed E-state index contributed by atoms with van der Waals surface area (Å²) in [6.07, 6.45) is 0. The van der Waals surface area contributed by atoms with Gasteiger partial charge in [-0.1, -0.05) is 48.5 Å². The lowest BCUT2D eigenvalue weighted by Gasteiger charge is -2.38. The van der Waals surface area contributed by atoms with E-state index in [1.54, 1.807) is 25.2 Å². The Morgan fingerprint density at radius 1 is 0.906 bits per heavy atom. The molecule has 0 fully saturated rings. The number of carbonyl (C=O) groups excluding carboxylic acids is 3. The first-order valence-electron chi connectivity index (χ1n) is 10.0. The van der Waals surface area contributed by atoms with Crippen LogP contribution in [0.25, 0.3) is 16.3 Å². The van der Waals surface area contributed by atoms with Crippen molar-refractivity contribution in [3.8, 4) is 0 Å². The van der Waals surface area contributed by atoms with E-state index in [0.717, 1.165) is 10.8 Å². The van der Waals surface area contributed by atoms with Crippen LogP contribution in [0, 0.1) is 0 Å². The fraction of sp³-hybridized carbons (Fsp3) is 0.160. The summed E-state index contributed by atoms with van der Waals surface area (Å²) in [5.41, 5.74) is 0.557. The number of hydrogen-bond donors (Lipinski definition) is 1. The SMILES string of the molecule is COC(=O)C1=C(C(=O)OC)C2(Nc3ccc4ccccc4c31)C(=O)N(C)c1ccccc12. The van der Waals surface area contributed by atoms with Crippen LogP contribution in [-0.4, -0.2) is 39.1 Å². The Kier molecular flexibility index (Phi) is 4.30. The molecule has 7 heteroatoms. The molecule has 3 aromatic carbocycles. The summed E-state index contributed by atoms with van der Waals surface area (Å²) in [7, 11) is 4.12. The number of nitrogens with zero attached hydrogens (tertiary/aromatic N) is 1. The second-order valence-corrected chi connectivity index (χ2v) is 7.70. The number of anilines is 2. The number of methoxy groups -OCH3 is 2. The Hall–Kier alpha value is -4.13. The Morgan fingerprint density at radius 2 is 1.59 bits per heavy atom. The van der Waals surface area contributed by atoms with Gasteiger partial charge >= 0.3 is 11.9 Å². The number of amides is 1. The van der Waals surface area contributed by atoms with Crippen molar-refractivity contribution < 1.29 is 23.9 Å². The Morgan fingerprint density at radius 3 is 2.34 bits per heavy atom. The predicted molar refractivity (Wildman–Crippen MR) is 120 cm³/mol. The average molecular weight is 428 g/mol. The summed E-state index contributed by atoms with van der Waals surface area (Å²) >= 11 is 0. The van der Waals surface area contributed by atoms with E-state index in [1.807, 2.05) is 42.5 Å². The molecule has 0 saturated heterocycles. The van der Waals surface area contributed by atoms with E-state index in [-0.39, 0.29) is 17.1 Å². The van der Waals surface area contributed by atoms with Gasteiger partial charge in [0.2, 0.25) is 0 Å². The summed E-state index contributed by atoms with van der Waals surface area (Å²) < 4.78 is 10.2. The standard InChI is InChI=1S/C25H20N2O5/c1-27-18-11-7-6-10-16(18)25(24(27)30)21(23(29)32-3)20(22(28)31-2)19-15-9-5-4-8-14(15)12-13-17(19)26-25/h4-13,26H,1-3H3. The first-order chi connectivity index (χ1) is 15.5. The van der Waals surface area contributed by atoms with Crippen LogP contribution in [0.4, 0.5) is 11.4 Å². The van der Waals surface area contributed by atoms with Crippen LogP contribution in [-0.2, 0) is 29.4 Å². The molecular formula is C25H20N2O5. The maximum Gasteiger partial charge on any atom is 0.339 e. The molecule has 0 bridgehead atoms. The number of esters is 2. The number of benzene rings is 3. The monoisotopic (exact) mass is 428 g/mol. The van der Waals surface area contributed by atoms with Gasteiger partial charge in [-0.05, 0) is 22.9 Å². The second-order valence-electron chi connectivity index (χ2n) is 7.70. The van der Waals surface area contributed by atoms with Crippen molar-refractivity contribution in [1.82, 2.24) is 0 Å². The van der Waals surface area contributed by atoms with E-state index >= 15 is 0 Å². The van der Waals surface area contributed by atoms with Gasteiger partial charge in [0.1, 0.15) is 0 Å². The number of carbonyl (C=O) groups is 3. The quantitative estimate of drug-likeness (QED) is 0.631. The number of rotatable bonds is 2. The van der Waals surface area contributed by atoms with Gasteiger partial charge in [0.25, 0.3) is 5.91 Å². The summed E-state index contributed by atoms with van der Waals surface area (Å²) in [4.78, 5) is 41.7. The second kappa shape index (κ2) is 6.95. The van der Waals surface area contributed by atoms with E-state index in [1.165, 1.54) is 19.1 Å². The molecule has 1 atom stereocenters. The lowest BCUT2D eigenvalue weighted by atomic mass is 9.75. The van der Waals surface area contributed by atoms with E-state index < -0.39 is 17.5 Å². The van der Waals surface area contributed by atoms with Crippen molar-refractivity contribution in [3.63, 3.8) is 0 Å². The van der Waals surface area contributed by atoms with Gasteiger partial charge in [0.05, 0.1) is 25.4 Å². The number of fused-ring (bicyclic) bond motifs is 5. The molecule has 2 heterocycles. The first kappa shape index (κ1) is 19.8. The molecular weight excluding hydrogens is 408 g/mol. The van der Waals surface area contributed by atoms with Crippen LogP contribution in [0.5, 0.6) is 0 Å². The van der Waals surface area contributed by atoms with Crippen molar-refractivity contribution in [2.24, 2.45) is 0 Å². The highest BCUT2D eigenvalue weighted by atomic mass is 16.5. The van der Waals surface area contributed by atoms with Crippen LogP contribution in [0.1, 0.15) is 11.1 Å². The highest BCUT2D eigenvalue weighted by molar-refractivity contribution is 6.32. The Balaban J connectivity index is 1.98. The number of para-hydroxylation sites is 1. The summed E-state index contributed by atoms with van der Waals surface area (Å²) in [5, 5.41) is 4.95. The molecule has 5 rings (SSSR count). The molecule has 2 aliphatic heterocycles.